The second-order valence-corrected chi connectivity index (χ2v) is 5.25. The zero-order valence-corrected chi connectivity index (χ0v) is 11.5. The van der Waals surface area contributed by atoms with Gasteiger partial charge in [-0.3, -0.25) is 4.98 Å². The first-order valence-electron chi connectivity index (χ1n) is 5.93. The molecular weight excluding hydrogens is 217 g/mol. The van der Waals surface area contributed by atoms with Crippen LogP contribution in [0.3, 0.4) is 0 Å². The van der Waals surface area contributed by atoms with Gasteiger partial charge >= 0.3 is 0 Å². The van der Waals surface area contributed by atoms with Gasteiger partial charge < -0.3 is 0 Å². The topological polar surface area (TPSA) is 12.9 Å². The van der Waals surface area contributed by atoms with E-state index in [-0.39, 0.29) is 5.41 Å². The maximum atomic E-state index is 6.01. The molecule has 0 N–H and O–H groups in total. The molecule has 0 aromatic carbocycles. The number of hydrogen-bond donors (Lipinski definition) is 0. The highest BCUT2D eigenvalue weighted by molar-refractivity contribution is 6.31. The third kappa shape index (κ3) is 3.63. The second kappa shape index (κ2) is 5.73. The lowest BCUT2D eigenvalue weighted by Gasteiger charge is -2.21. The van der Waals surface area contributed by atoms with Gasteiger partial charge in [-0.25, -0.2) is 0 Å². The highest BCUT2D eigenvalue weighted by atomic mass is 14.7. The highest BCUT2D eigenvalue weighted by Crippen LogP contribution is 2.20. The molecule has 0 saturated carbocycles. The van der Waals surface area contributed by atoms with E-state index in [4.69, 9.17) is 14.3 Å². The van der Waals surface area contributed by atoms with Gasteiger partial charge in [-0.15, -0.1) is 6.42 Å². The Balaban J connectivity index is 3.09. The van der Waals surface area contributed by atoms with Crippen molar-refractivity contribution in [3.05, 3.63) is 41.6 Å². The monoisotopic (exact) mass is 235 g/mol. The van der Waals surface area contributed by atoms with Crippen LogP contribution in [0.5, 0.6) is 0 Å². The molecule has 0 aliphatic rings. The molecule has 1 aromatic heterocycles. The van der Waals surface area contributed by atoms with Crippen molar-refractivity contribution >= 4 is 19.0 Å². The Bertz CT molecular complexity index is 525. The minimum atomic E-state index is 0.0105. The van der Waals surface area contributed by atoms with Crippen LogP contribution in [0.1, 0.15) is 39.0 Å². The molecule has 0 aliphatic heterocycles. The summed E-state index contributed by atoms with van der Waals surface area (Å²) in [6, 6.07) is 4.03. The van der Waals surface area contributed by atoms with Crippen molar-refractivity contribution < 1.29 is 0 Å². The minimum absolute atomic E-state index is 0.0105. The summed E-state index contributed by atoms with van der Waals surface area (Å²) in [4.78, 5) is 4.44. The standard InChI is InChI=1S/C16H18BN/c1-6-7-8-9-12(2)14-11-10-13(15(17)18-14)16(3,4)5/h1,7-11H,2-5H3/b8-7-,12-9+. The Morgan fingerprint density at radius 1 is 1.39 bits per heavy atom. The molecule has 0 fully saturated rings. The van der Waals surface area contributed by atoms with Crippen molar-refractivity contribution in [1.29, 1.82) is 0 Å². The number of nitrogens with zero attached hydrogens (tertiary/aromatic N) is 1. The molecular formula is C16H18BN. The molecule has 0 unspecified atom stereocenters. The highest BCUT2D eigenvalue weighted by Gasteiger charge is 2.16. The predicted molar refractivity (Wildman–Crippen MR) is 79.9 cm³/mol. The van der Waals surface area contributed by atoms with Crippen LogP contribution in [0.4, 0.5) is 0 Å². The summed E-state index contributed by atoms with van der Waals surface area (Å²) in [5.41, 5.74) is 3.58. The van der Waals surface area contributed by atoms with Crippen molar-refractivity contribution in [1.82, 2.24) is 4.98 Å². The zero-order chi connectivity index (χ0) is 13.8. The van der Waals surface area contributed by atoms with Crippen LogP contribution in [0.25, 0.3) is 5.57 Å². The van der Waals surface area contributed by atoms with Crippen molar-refractivity contribution in [2.45, 2.75) is 33.1 Å². The van der Waals surface area contributed by atoms with Crippen LogP contribution in [-0.2, 0) is 5.41 Å². The van der Waals surface area contributed by atoms with Crippen molar-refractivity contribution in [2.24, 2.45) is 0 Å². The summed E-state index contributed by atoms with van der Waals surface area (Å²) in [5, 5.41) is 0. The fourth-order valence-corrected chi connectivity index (χ4v) is 1.66. The Morgan fingerprint density at radius 3 is 2.56 bits per heavy atom. The second-order valence-electron chi connectivity index (χ2n) is 5.25. The van der Waals surface area contributed by atoms with Gasteiger partial charge in [0.25, 0.3) is 0 Å². The van der Waals surface area contributed by atoms with E-state index in [9.17, 15) is 0 Å². The molecule has 2 heteroatoms. The summed E-state index contributed by atoms with van der Waals surface area (Å²) >= 11 is 0. The average molecular weight is 235 g/mol. The summed E-state index contributed by atoms with van der Waals surface area (Å²) in [6.07, 6.45) is 10.5. The normalized spacial score (nSPS) is 12.7. The molecule has 0 spiro atoms. The van der Waals surface area contributed by atoms with E-state index in [1.165, 1.54) is 0 Å². The van der Waals surface area contributed by atoms with E-state index in [0.717, 1.165) is 16.8 Å². The fourth-order valence-electron chi connectivity index (χ4n) is 1.66. The van der Waals surface area contributed by atoms with E-state index < -0.39 is 0 Å². The average Bonchev–Trinajstić information content (AvgIpc) is 2.27. The van der Waals surface area contributed by atoms with E-state index in [2.05, 4.69) is 31.7 Å². The number of terminal acetylenes is 1. The van der Waals surface area contributed by atoms with Gasteiger partial charge in [-0.2, -0.15) is 0 Å². The van der Waals surface area contributed by atoms with E-state index in [1.54, 1.807) is 6.08 Å². The summed E-state index contributed by atoms with van der Waals surface area (Å²) < 4.78 is 0. The van der Waals surface area contributed by atoms with E-state index >= 15 is 0 Å². The first-order valence-corrected chi connectivity index (χ1v) is 5.93. The first-order chi connectivity index (χ1) is 8.36. The van der Waals surface area contributed by atoms with Crippen molar-refractivity contribution in [3.63, 3.8) is 0 Å². The molecule has 1 nitrogen and oxygen atoms in total. The molecule has 0 saturated heterocycles. The largest absolute Gasteiger partial charge is 0.264 e. The summed E-state index contributed by atoms with van der Waals surface area (Å²) in [7, 11) is 6.01. The van der Waals surface area contributed by atoms with Gasteiger partial charge in [0.2, 0.25) is 0 Å². The lowest BCUT2D eigenvalue weighted by atomic mass is 9.80. The quantitative estimate of drug-likeness (QED) is 0.436. The molecule has 0 bridgehead atoms. The van der Waals surface area contributed by atoms with E-state index in [0.29, 0.717) is 5.59 Å². The van der Waals surface area contributed by atoms with Crippen LogP contribution >= 0.6 is 0 Å². The van der Waals surface area contributed by atoms with Gasteiger partial charge in [0, 0.05) is 0 Å². The fraction of sp³-hybridized carbons (Fsp3) is 0.312. The smallest absolute Gasteiger partial charge is 0.142 e. The molecule has 1 heterocycles. The van der Waals surface area contributed by atoms with Crippen molar-refractivity contribution in [3.8, 4) is 12.3 Å². The van der Waals surface area contributed by atoms with Crippen LogP contribution in [0.15, 0.2) is 30.4 Å². The molecule has 90 valence electrons. The summed E-state index contributed by atoms with van der Waals surface area (Å²) in [5.74, 6) is 2.44. The number of aromatic nitrogens is 1. The SMILES string of the molecule is [B]c1nc(/C(C)=C/C=C\C#C)ccc1C(C)(C)C. The van der Waals surface area contributed by atoms with Gasteiger partial charge in [0.15, 0.2) is 0 Å². The van der Waals surface area contributed by atoms with Gasteiger partial charge in [0.05, 0.1) is 5.69 Å². The third-order valence-electron chi connectivity index (χ3n) is 2.68. The zero-order valence-electron chi connectivity index (χ0n) is 11.5. The molecule has 0 amide bonds. The molecule has 18 heavy (non-hydrogen) atoms. The van der Waals surface area contributed by atoms with Crippen LogP contribution in [0.2, 0.25) is 0 Å². The first kappa shape index (κ1) is 14.3. The van der Waals surface area contributed by atoms with Crippen LogP contribution in [0, 0.1) is 12.3 Å². The molecule has 1 aromatic rings. The Morgan fingerprint density at radius 2 is 2.06 bits per heavy atom. The number of allylic oxidation sites excluding steroid dienone is 4. The molecule has 0 aliphatic carbocycles. The molecule has 0 atom stereocenters. The predicted octanol–water partition coefficient (Wildman–Crippen LogP) is 2.77. The Kier molecular flexibility index (Phi) is 4.56. The maximum Gasteiger partial charge on any atom is 0.142 e. The van der Waals surface area contributed by atoms with E-state index in [1.807, 2.05) is 31.2 Å². The van der Waals surface area contributed by atoms with Gasteiger partial charge in [0.1, 0.15) is 7.85 Å². The number of rotatable bonds is 2. The maximum absolute atomic E-state index is 6.01. The van der Waals surface area contributed by atoms with Crippen LogP contribution < -0.4 is 5.59 Å². The third-order valence-corrected chi connectivity index (χ3v) is 2.68. The number of hydrogen-bond acceptors (Lipinski definition) is 1. The minimum Gasteiger partial charge on any atom is -0.264 e. The lowest BCUT2D eigenvalue weighted by molar-refractivity contribution is 0.592. The Hall–Kier alpha value is -1.75. The van der Waals surface area contributed by atoms with Crippen LogP contribution in [-0.4, -0.2) is 12.8 Å². The van der Waals surface area contributed by atoms with Gasteiger partial charge in [-0.05, 0) is 41.2 Å². The Labute approximate surface area is 111 Å². The van der Waals surface area contributed by atoms with Gasteiger partial charge in [-0.1, -0.05) is 44.9 Å². The summed E-state index contributed by atoms with van der Waals surface area (Å²) in [6.45, 7) is 8.36. The number of pyridine rings is 1. The lowest BCUT2D eigenvalue weighted by Crippen LogP contribution is -2.26. The molecule has 2 radical (unpaired) electrons. The molecule has 1 rings (SSSR count). The van der Waals surface area contributed by atoms with Crippen molar-refractivity contribution in [2.75, 3.05) is 0 Å².